The zero-order valence-corrected chi connectivity index (χ0v) is 6.57. The largest absolute Gasteiger partial charge is 0.379 e. The molecule has 1 aromatic heterocycles. The fraction of sp³-hybridized carbons (Fsp3) is 0.600. The monoisotopic (exact) mass is 160 g/mol. The Balaban J connectivity index is 0.000000461. The topological polar surface area (TPSA) is 100 Å². The third-order valence-electron chi connectivity index (χ3n) is 0.867. The van der Waals surface area contributed by atoms with Crippen molar-refractivity contribution in [3.8, 4) is 0 Å². The maximum absolute atomic E-state index is 5.28. The van der Waals surface area contributed by atoms with Crippen LogP contribution in [0.4, 0.5) is 5.82 Å². The summed E-state index contributed by atoms with van der Waals surface area (Å²) in [6.45, 7) is 0.343. The number of nitrogens with two attached hydrogens (primary N) is 2. The number of aromatic nitrogens is 2. The molecule has 11 heavy (non-hydrogen) atoms. The van der Waals surface area contributed by atoms with Gasteiger partial charge >= 0.3 is 0 Å². The maximum Gasteiger partial charge on any atom is 0.193 e. The summed E-state index contributed by atoms with van der Waals surface area (Å²) in [6, 6.07) is 0. The van der Waals surface area contributed by atoms with E-state index in [0.717, 1.165) is 0 Å². The molecule has 0 bridgehead atoms. The number of nitrogen functional groups attached to an aromatic ring is 1. The van der Waals surface area contributed by atoms with Gasteiger partial charge in [-0.3, -0.25) is 0 Å². The summed E-state index contributed by atoms with van der Waals surface area (Å²) in [5.41, 5.74) is 10.3. The Kier molecular flexibility index (Phi) is 5.05. The quantitative estimate of drug-likeness (QED) is 0.597. The summed E-state index contributed by atoms with van der Waals surface area (Å²) < 4.78 is 9.02. The van der Waals surface area contributed by atoms with Crippen LogP contribution in [0.5, 0.6) is 0 Å². The average Bonchev–Trinajstić information content (AvgIpc) is 2.42. The number of anilines is 1. The van der Waals surface area contributed by atoms with Crippen LogP contribution in [-0.2, 0) is 11.3 Å². The first-order chi connectivity index (χ1) is 5.34. The van der Waals surface area contributed by atoms with E-state index in [1.54, 1.807) is 7.11 Å². The van der Waals surface area contributed by atoms with Crippen molar-refractivity contribution in [2.75, 3.05) is 19.9 Å². The number of hydrogen-bond donors (Lipinski definition) is 2. The smallest absolute Gasteiger partial charge is 0.193 e. The highest BCUT2D eigenvalue weighted by atomic mass is 16.6. The van der Waals surface area contributed by atoms with Crippen LogP contribution in [0.2, 0.25) is 0 Å². The molecule has 0 aromatic carbocycles. The number of rotatable bonds is 2. The molecule has 0 saturated carbocycles. The van der Waals surface area contributed by atoms with Gasteiger partial charge in [0.1, 0.15) is 0 Å². The van der Waals surface area contributed by atoms with Crippen LogP contribution in [0.15, 0.2) is 4.63 Å². The molecule has 0 aliphatic heterocycles. The van der Waals surface area contributed by atoms with Crippen LogP contribution < -0.4 is 11.5 Å². The summed E-state index contributed by atoms with van der Waals surface area (Å²) in [5.74, 6) is 0.289. The van der Waals surface area contributed by atoms with Gasteiger partial charge in [-0.1, -0.05) is 5.16 Å². The fourth-order valence-corrected chi connectivity index (χ4v) is 0.450. The molecule has 0 saturated heterocycles. The van der Waals surface area contributed by atoms with Gasteiger partial charge < -0.3 is 16.2 Å². The lowest BCUT2D eigenvalue weighted by molar-refractivity contribution is 0.175. The molecule has 0 aliphatic rings. The SMILES string of the molecule is CN.COCc1nonc1N. The molecule has 0 unspecified atom stereocenters. The molecule has 6 nitrogen and oxygen atoms in total. The summed E-state index contributed by atoms with van der Waals surface area (Å²) in [4.78, 5) is 0. The van der Waals surface area contributed by atoms with Gasteiger partial charge in [0.2, 0.25) is 0 Å². The Labute approximate surface area is 64.5 Å². The van der Waals surface area contributed by atoms with Crippen LogP contribution >= 0.6 is 0 Å². The van der Waals surface area contributed by atoms with Crippen molar-refractivity contribution in [1.82, 2.24) is 10.3 Å². The highest BCUT2D eigenvalue weighted by Crippen LogP contribution is 2.03. The molecule has 0 amide bonds. The zero-order chi connectivity index (χ0) is 8.69. The molecule has 1 aromatic rings. The van der Waals surface area contributed by atoms with E-state index < -0.39 is 0 Å². The van der Waals surface area contributed by atoms with Gasteiger partial charge in [-0.2, -0.15) is 0 Å². The first-order valence-corrected chi connectivity index (χ1v) is 2.98. The van der Waals surface area contributed by atoms with E-state index in [2.05, 4.69) is 20.7 Å². The van der Waals surface area contributed by atoms with E-state index in [1.165, 1.54) is 7.05 Å². The summed E-state index contributed by atoms with van der Waals surface area (Å²) >= 11 is 0. The van der Waals surface area contributed by atoms with E-state index in [0.29, 0.717) is 12.3 Å². The van der Waals surface area contributed by atoms with Gasteiger partial charge in [0, 0.05) is 7.11 Å². The lowest BCUT2D eigenvalue weighted by Crippen LogP contribution is -1.93. The third-order valence-corrected chi connectivity index (χ3v) is 0.867. The van der Waals surface area contributed by atoms with Gasteiger partial charge in [-0.05, 0) is 12.2 Å². The van der Waals surface area contributed by atoms with Crippen molar-refractivity contribution < 1.29 is 9.37 Å². The van der Waals surface area contributed by atoms with Crippen molar-refractivity contribution in [3.05, 3.63) is 5.69 Å². The molecule has 6 heteroatoms. The minimum absolute atomic E-state index is 0.289. The van der Waals surface area contributed by atoms with E-state index in [4.69, 9.17) is 10.5 Å². The molecule has 0 spiro atoms. The number of nitrogens with zero attached hydrogens (tertiary/aromatic N) is 2. The molecule has 1 rings (SSSR count). The van der Waals surface area contributed by atoms with Gasteiger partial charge in [0.25, 0.3) is 0 Å². The molecule has 0 aliphatic carbocycles. The average molecular weight is 160 g/mol. The second kappa shape index (κ2) is 5.63. The van der Waals surface area contributed by atoms with Crippen LogP contribution in [-0.4, -0.2) is 24.5 Å². The predicted molar refractivity (Wildman–Crippen MR) is 39.5 cm³/mol. The van der Waals surface area contributed by atoms with Crippen molar-refractivity contribution >= 4 is 5.82 Å². The first-order valence-electron chi connectivity index (χ1n) is 2.98. The van der Waals surface area contributed by atoms with Crippen LogP contribution in [0.25, 0.3) is 0 Å². The van der Waals surface area contributed by atoms with Gasteiger partial charge in [0.15, 0.2) is 11.5 Å². The number of hydrogen-bond acceptors (Lipinski definition) is 6. The normalized spacial score (nSPS) is 8.64. The first kappa shape index (κ1) is 9.86. The second-order valence-corrected chi connectivity index (χ2v) is 1.53. The van der Waals surface area contributed by atoms with Crippen LogP contribution in [0, 0.1) is 0 Å². The molecule has 0 radical (unpaired) electrons. The third kappa shape index (κ3) is 2.96. The fourth-order valence-electron chi connectivity index (χ4n) is 0.450. The summed E-state index contributed by atoms with van der Waals surface area (Å²) in [7, 11) is 3.05. The minimum Gasteiger partial charge on any atom is -0.379 e. The van der Waals surface area contributed by atoms with Crippen molar-refractivity contribution in [2.45, 2.75) is 6.61 Å². The molecule has 0 fully saturated rings. The molecule has 4 N–H and O–H groups in total. The highest BCUT2D eigenvalue weighted by molar-refractivity contribution is 5.29. The van der Waals surface area contributed by atoms with Crippen LogP contribution in [0.1, 0.15) is 5.69 Å². The van der Waals surface area contributed by atoms with Crippen molar-refractivity contribution in [3.63, 3.8) is 0 Å². The molecule has 64 valence electrons. The second-order valence-electron chi connectivity index (χ2n) is 1.53. The molecule has 1 heterocycles. The Bertz CT molecular complexity index is 188. The van der Waals surface area contributed by atoms with E-state index >= 15 is 0 Å². The van der Waals surface area contributed by atoms with Crippen molar-refractivity contribution in [2.24, 2.45) is 5.73 Å². The molecule has 0 atom stereocenters. The van der Waals surface area contributed by atoms with E-state index in [-0.39, 0.29) is 5.82 Å². The number of methoxy groups -OCH3 is 1. The van der Waals surface area contributed by atoms with Gasteiger partial charge in [-0.25, -0.2) is 4.63 Å². The lowest BCUT2D eigenvalue weighted by Gasteiger charge is -1.88. The predicted octanol–water partition coefficient (Wildman–Crippen LogP) is -0.627. The molecular formula is C5H12N4O2. The Morgan fingerprint density at radius 2 is 2.09 bits per heavy atom. The Morgan fingerprint density at radius 3 is 2.45 bits per heavy atom. The standard InChI is InChI=1S/C4H7N3O2.CH5N/c1-8-2-3-4(5)7-9-6-3;1-2/h2H2,1H3,(H2,5,7);2H2,1H3. The highest BCUT2D eigenvalue weighted by Gasteiger charge is 2.02. The lowest BCUT2D eigenvalue weighted by atomic mass is 10.5. The number of ether oxygens (including phenoxy) is 1. The van der Waals surface area contributed by atoms with Crippen LogP contribution in [0.3, 0.4) is 0 Å². The Morgan fingerprint density at radius 1 is 1.45 bits per heavy atom. The van der Waals surface area contributed by atoms with Crippen molar-refractivity contribution in [1.29, 1.82) is 0 Å². The minimum atomic E-state index is 0.289. The Hall–Kier alpha value is -1.14. The van der Waals surface area contributed by atoms with Gasteiger partial charge in [0.05, 0.1) is 6.61 Å². The van der Waals surface area contributed by atoms with E-state index in [1.807, 2.05) is 0 Å². The van der Waals surface area contributed by atoms with E-state index in [9.17, 15) is 0 Å². The zero-order valence-electron chi connectivity index (χ0n) is 6.57. The summed E-state index contributed by atoms with van der Waals surface area (Å²) in [6.07, 6.45) is 0. The summed E-state index contributed by atoms with van der Waals surface area (Å²) in [5, 5.41) is 6.82. The van der Waals surface area contributed by atoms with Gasteiger partial charge in [-0.15, -0.1) is 0 Å². The molecular weight excluding hydrogens is 148 g/mol. The maximum atomic E-state index is 5.28.